The zero-order chi connectivity index (χ0) is 15.6. The summed E-state index contributed by atoms with van der Waals surface area (Å²) in [5.74, 6) is -0.375. The molecule has 118 valence electrons. The van der Waals surface area contributed by atoms with E-state index in [1.165, 1.54) is 0 Å². The Hall–Kier alpha value is -1.73. The van der Waals surface area contributed by atoms with Gasteiger partial charge in [-0.15, -0.1) is 0 Å². The second kappa shape index (κ2) is 5.95. The minimum Gasteiger partial charge on any atom is -0.396 e. The summed E-state index contributed by atoms with van der Waals surface area (Å²) in [6, 6.07) is 0.110. The maximum atomic E-state index is 12.5. The number of nitrogens with zero attached hydrogens (tertiary/aromatic N) is 3. The average Bonchev–Trinajstić information content (AvgIpc) is 2.76. The normalized spacial score (nSPS) is 19.8. The molecule has 1 aliphatic rings. The van der Waals surface area contributed by atoms with E-state index in [2.05, 4.69) is 5.10 Å². The van der Waals surface area contributed by atoms with E-state index in [9.17, 15) is 18.0 Å². The molecular weight excluding hydrogens is 285 g/mol. The van der Waals surface area contributed by atoms with Crippen LogP contribution in [0.2, 0.25) is 0 Å². The molecule has 1 aromatic heterocycles. The van der Waals surface area contributed by atoms with Gasteiger partial charge in [0.15, 0.2) is 5.69 Å². The van der Waals surface area contributed by atoms with Crippen LogP contribution in [-0.2, 0) is 6.54 Å². The minimum atomic E-state index is -4.39. The molecule has 0 aliphatic carbocycles. The maximum Gasteiger partial charge on any atom is 0.408 e. The summed E-state index contributed by atoms with van der Waals surface area (Å²) in [6.07, 6.45) is 0.341. The van der Waals surface area contributed by atoms with Gasteiger partial charge in [0, 0.05) is 18.8 Å². The van der Waals surface area contributed by atoms with Crippen LogP contribution >= 0.6 is 0 Å². The third-order valence-corrected chi connectivity index (χ3v) is 3.69. The van der Waals surface area contributed by atoms with Gasteiger partial charge >= 0.3 is 6.18 Å². The molecule has 1 fully saturated rings. The highest BCUT2D eigenvalue weighted by atomic mass is 19.4. The summed E-state index contributed by atoms with van der Waals surface area (Å²) in [6.45, 7) is 1.34. The highest BCUT2D eigenvalue weighted by Crippen LogP contribution is 2.24. The van der Waals surface area contributed by atoms with E-state index in [1.54, 1.807) is 4.90 Å². The SMILES string of the molecule is CCC1CCCCN1C(=O)c1nn(CC(F)(F)F)cc1N. The molecule has 1 saturated heterocycles. The van der Waals surface area contributed by atoms with E-state index in [0.717, 1.165) is 31.9 Å². The number of piperidine rings is 1. The number of carbonyl (C=O) groups is 1. The lowest BCUT2D eigenvalue weighted by molar-refractivity contribution is -0.142. The van der Waals surface area contributed by atoms with Crippen LogP contribution in [0.15, 0.2) is 6.20 Å². The Kier molecular flexibility index (Phi) is 4.43. The molecule has 0 spiro atoms. The number of nitrogen functional groups attached to an aromatic ring is 1. The number of carbonyl (C=O) groups excluding carboxylic acids is 1. The van der Waals surface area contributed by atoms with Crippen molar-refractivity contribution in [3.63, 3.8) is 0 Å². The lowest BCUT2D eigenvalue weighted by Gasteiger charge is -2.34. The molecule has 2 rings (SSSR count). The summed E-state index contributed by atoms with van der Waals surface area (Å²) in [5, 5.41) is 3.72. The largest absolute Gasteiger partial charge is 0.408 e. The summed E-state index contributed by atoms with van der Waals surface area (Å²) in [4.78, 5) is 14.1. The number of nitrogens with two attached hydrogens (primary N) is 1. The van der Waals surface area contributed by atoms with Crippen molar-refractivity contribution in [2.75, 3.05) is 12.3 Å². The molecule has 0 radical (unpaired) electrons. The van der Waals surface area contributed by atoms with E-state index < -0.39 is 12.7 Å². The number of anilines is 1. The highest BCUT2D eigenvalue weighted by molar-refractivity contribution is 5.97. The van der Waals surface area contributed by atoms with Crippen molar-refractivity contribution in [2.24, 2.45) is 0 Å². The summed E-state index contributed by atoms with van der Waals surface area (Å²) >= 11 is 0. The molecular formula is C13H19F3N4O. The second-order valence-electron chi connectivity index (χ2n) is 5.30. The summed E-state index contributed by atoms with van der Waals surface area (Å²) in [5.41, 5.74) is 5.56. The van der Waals surface area contributed by atoms with Gasteiger partial charge in [0.1, 0.15) is 6.54 Å². The first-order valence-corrected chi connectivity index (χ1v) is 7.02. The van der Waals surface area contributed by atoms with Crippen molar-refractivity contribution in [3.8, 4) is 0 Å². The number of halogens is 3. The van der Waals surface area contributed by atoms with Gasteiger partial charge in [0.25, 0.3) is 5.91 Å². The molecule has 8 heteroatoms. The fraction of sp³-hybridized carbons (Fsp3) is 0.692. The Morgan fingerprint density at radius 1 is 1.48 bits per heavy atom. The van der Waals surface area contributed by atoms with Crippen LogP contribution in [-0.4, -0.2) is 39.4 Å². The van der Waals surface area contributed by atoms with Crippen molar-refractivity contribution >= 4 is 11.6 Å². The van der Waals surface area contributed by atoms with Gasteiger partial charge in [-0.25, -0.2) is 0 Å². The van der Waals surface area contributed by atoms with Crippen molar-refractivity contribution in [3.05, 3.63) is 11.9 Å². The Bertz CT molecular complexity index is 512. The lowest BCUT2D eigenvalue weighted by Crippen LogP contribution is -2.43. The van der Waals surface area contributed by atoms with Crippen LogP contribution < -0.4 is 5.73 Å². The fourth-order valence-electron chi connectivity index (χ4n) is 2.70. The van der Waals surface area contributed by atoms with Gasteiger partial charge < -0.3 is 10.6 Å². The number of rotatable bonds is 3. The Labute approximate surface area is 120 Å². The van der Waals surface area contributed by atoms with Crippen molar-refractivity contribution in [1.82, 2.24) is 14.7 Å². The van der Waals surface area contributed by atoms with E-state index in [-0.39, 0.29) is 23.3 Å². The predicted molar refractivity (Wildman–Crippen MR) is 71.7 cm³/mol. The fourth-order valence-corrected chi connectivity index (χ4v) is 2.70. The van der Waals surface area contributed by atoms with Crippen LogP contribution in [0, 0.1) is 0 Å². The Morgan fingerprint density at radius 3 is 2.81 bits per heavy atom. The molecule has 0 bridgehead atoms. The number of likely N-dealkylation sites (tertiary alicyclic amines) is 1. The van der Waals surface area contributed by atoms with Crippen LogP contribution in [0.5, 0.6) is 0 Å². The molecule has 2 heterocycles. The molecule has 5 nitrogen and oxygen atoms in total. The molecule has 0 saturated carbocycles. The topological polar surface area (TPSA) is 64.2 Å². The maximum absolute atomic E-state index is 12.5. The van der Waals surface area contributed by atoms with Crippen molar-refractivity contribution < 1.29 is 18.0 Å². The summed E-state index contributed by atoms with van der Waals surface area (Å²) < 4.78 is 37.7. The molecule has 21 heavy (non-hydrogen) atoms. The standard InChI is InChI=1S/C13H19F3N4O/c1-2-9-5-3-4-6-20(9)12(21)11-10(17)7-19(18-11)8-13(14,15)16/h7,9H,2-6,8,17H2,1H3. The molecule has 1 aromatic rings. The van der Waals surface area contributed by atoms with Gasteiger partial charge in [0.2, 0.25) is 0 Å². The average molecular weight is 304 g/mol. The number of alkyl halides is 3. The molecule has 1 aliphatic heterocycles. The zero-order valence-corrected chi connectivity index (χ0v) is 11.9. The number of hydrogen-bond acceptors (Lipinski definition) is 3. The minimum absolute atomic E-state index is 0.00956. The molecule has 0 aromatic carbocycles. The number of aromatic nitrogens is 2. The van der Waals surface area contributed by atoms with Gasteiger partial charge in [-0.2, -0.15) is 18.3 Å². The van der Waals surface area contributed by atoms with Gasteiger partial charge in [-0.1, -0.05) is 6.92 Å². The monoisotopic (exact) mass is 304 g/mol. The Balaban J connectivity index is 2.18. The smallest absolute Gasteiger partial charge is 0.396 e. The van der Waals surface area contributed by atoms with E-state index in [1.807, 2.05) is 6.92 Å². The van der Waals surface area contributed by atoms with E-state index in [4.69, 9.17) is 5.73 Å². The molecule has 1 amide bonds. The zero-order valence-electron chi connectivity index (χ0n) is 11.9. The third-order valence-electron chi connectivity index (χ3n) is 3.69. The van der Waals surface area contributed by atoms with Crippen LogP contribution in [0.1, 0.15) is 43.1 Å². The highest BCUT2D eigenvalue weighted by Gasteiger charge is 2.32. The van der Waals surface area contributed by atoms with Crippen LogP contribution in [0.4, 0.5) is 18.9 Å². The first-order valence-electron chi connectivity index (χ1n) is 7.02. The quantitative estimate of drug-likeness (QED) is 0.933. The first-order chi connectivity index (χ1) is 9.81. The van der Waals surface area contributed by atoms with Crippen molar-refractivity contribution in [1.29, 1.82) is 0 Å². The molecule has 1 atom stereocenters. The number of hydrogen-bond donors (Lipinski definition) is 1. The van der Waals surface area contributed by atoms with Crippen LogP contribution in [0.25, 0.3) is 0 Å². The third kappa shape index (κ3) is 3.68. The predicted octanol–water partition coefficient (Wildman–Crippen LogP) is 2.43. The Morgan fingerprint density at radius 2 is 2.19 bits per heavy atom. The second-order valence-corrected chi connectivity index (χ2v) is 5.30. The van der Waals surface area contributed by atoms with Crippen molar-refractivity contribution in [2.45, 2.75) is 51.4 Å². The van der Waals surface area contributed by atoms with Gasteiger partial charge in [-0.3, -0.25) is 9.48 Å². The molecule has 1 unspecified atom stereocenters. The van der Waals surface area contributed by atoms with E-state index in [0.29, 0.717) is 11.2 Å². The summed E-state index contributed by atoms with van der Waals surface area (Å²) in [7, 11) is 0. The van der Waals surface area contributed by atoms with Crippen LogP contribution in [0.3, 0.4) is 0 Å². The van der Waals surface area contributed by atoms with Gasteiger partial charge in [-0.05, 0) is 25.7 Å². The van der Waals surface area contributed by atoms with Gasteiger partial charge in [0.05, 0.1) is 5.69 Å². The first kappa shape index (κ1) is 15.7. The molecule has 2 N–H and O–H groups in total. The van der Waals surface area contributed by atoms with E-state index >= 15 is 0 Å². The number of amides is 1. The lowest BCUT2D eigenvalue weighted by atomic mass is 9.99.